The van der Waals surface area contributed by atoms with Gasteiger partial charge in [-0.05, 0) is 24.7 Å². The number of hydrogen-bond acceptors (Lipinski definition) is 2. The van der Waals surface area contributed by atoms with Crippen LogP contribution in [0.3, 0.4) is 0 Å². The molecule has 2 nitrogen and oxygen atoms in total. The summed E-state index contributed by atoms with van der Waals surface area (Å²) in [5.74, 6) is 1.62. The van der Waals surface area contributed by atoms with Gasteiger partial charge in [0.05, 0.1) is 12.2 Å². The van der Waals surface area contributed by atoms with Gasteiger partial charge in [0.1, 0.15) is 0 Å². The quantitative estimate of drug-likeness (QED) is 0.675. The van der Waals surface area contributed by atoms with Crippen molar-refractivity contribution in [1.29, 1.82) is 0 Å². The Balaban J connectivity index is 1.97. The van der Waals surface area contributed by atoms with Crippen molar-refractivity contribution in [1.82, 2.24) is 0 Å². The molecule has 0 unspecified atom stereocenters. The van der Waals surface area contributed by atoms with E-state index in [4.69, 9.17) is 4.74 Å². The fraction of sp³-hybridized carbons (Fsp3) is 1.00. The normalized spacial score (nSPS) is 45.7. The lowest BCUT2D eigenvalue weighted by Gasteiger charge is -2.41. The number of methoxy groups -OCH3 is 1. The van der Waals surface area contributed by atoms with E-state index in [0.29, 0.717) is 0 Å². The van der Waals surface area contributed by atoms with Crippen LogP contribution in [0.2, 0.25) is 0 Å². The summed E-state index contributed by atoms with van der Waals surface area (Å²) >= 11 is 0. The third-order valence-electron chi connectivity index (χ3n) is 3.88. The Morgan fingerprint density at radius 1 is 1.08 bits per heavy atom. The van der Waals surface area contributed by atoms with Crippen LogP contribution >= 0.6 is 0 Å². The Hall–Kier alpha value is -0.0800. The van der Waals surface area contributed by atoms with Gasteiger partial charge in [0, 0.05) is 7.11 Å². The highest BCUT2D eigenvalue weighted by Gasteiger charge is 2.37. The lowest BCUT2D eigenvalue weighted by Crippen LogP contribution is -2.41. The highest BCUT2D eigenvalue weighted by molar-refractivity contribution is 4.88. The molecule has 0 aliphatic heterocycles. The Morgan fingerprint density at radius 3 is 2.31 bits per heavy atom. The van der Waals surface area contributed by atoms with E-state index in [1.165, 1.54) is 25.7 Å². The summed E-state index contributed by atoms with van der Waals surface area (Å²) in [6, 6.07) is 0. The molecule has 2 rings (SSSR count). The summed E-state index contributed by atoms with van der Waals surface area (Å²) in [4.78, 5) is 0. The molecule has 0 amide bonds. The van der Waals surface area contributed by atoms with E-state index in [0.717, 1.165) is 24.7 Å². The maximum atomic E-state index is 9.78. The number of hydrogen-bond donors (Lipinski definition) is 1. The van der Waals surface area contributed by atoms with Crippen molar-refractivity contribution < 1.29 is 9.84 Å². The van der Waals surface area contributed by atoms with Gasteiger partial charge in [-0.3, -0.25) is 0 Å². The Kier molecular flexibility index (Phi) is 2.89. The third-order valence-corrected chi connectivity index (χ3v) is 3.88. The first-order valence-electron chi connectivity index (χ1n) is 5.52. The van der Waals surface area contributed by atoms with Crippen LogP contribution in [0.5, 0.6) is 0 Å². The zero-order valence-electron chi connectivity index (χ0n) is 8.41. The molecule has 2 aliphatic rings. The molecule has 0 spiro atoms. The van der Waals surface area contributed by atoms with Gasteiger partial charge in [0.15, 0.2) is 0 Å². The van der Waals surface area contributed by atoms with Crippen LogP contribution in [0.4, 0.5) is 0 Å². The maximum Gasteiger partial charge on any atom is 0.0833 e. The minimum Gasteiger partial charge on any atom is -0.390 e. The van der Waals surface area contributed by atoms with Gasteiger partial charge >= 0.3 is 0 Å². The highest BCUT2D eigenvalue weighted by atomic mass is 16.5. The molecule has 0 saturated heterocycles. The molecule has 4 atom stereocenters. The molecule has 13 heavy (non-hydrogen) atoms. The Morgan fingerprint density at radius 2 is 1.69 bits per heavy atom. The molecule has 0 heterocycles. The summed E-state index contributed by atoms with van der Waals surface area (Å²) in [6.07, 6.45) is 7.41. The molecule has 0 bridgehead atoms. The molecule has 0 radical (unpaired) electrons. The van der Waals surface area contributed by atoms with Crippen molar-refractivity contribution >= 4 is 0 Å². The predicted octanol–water partition coefficient (Wildman–Crippen LogP) is 1.96. The topological polar surface area (TPSA) is 29.5 Å². The largest absolute Gasteiger partial charge is 0.390 e. The van der Waals surface area contributed by atoms with Crippen LogP contribution in [-0.4, -0.2) is 24.4 Å². The Bertz CT molecular complexity index is 169. The van der Waals surface area contributed by atoms with Gasteiger partial charge in [-0.2, -0.15) is 0 Å². The van der Waals surface area contributed by atoms with Crippen LogP contribution in [0.1, 0.15) is 38.5 Å². The second kappa shape index (κ2) is 3.97. The average molecular weight is 184 g/mol. The van der Waals surface area contributed by atoms with Crippen molar-refractivity contribution in [2.24, 2.45) is 11.8 Å². The average Bonchev–Trinajstić information content (AvgIpc) is 2.17. The van der Waals surface area contributed by atoms with E-state index in [2.05, 4.69) is 0 Å². The summed E-state index contributed by atoms with van der Waals surface area (Å²) in [7, 11) is 1.72. The summed E-state index contributed by atoms with van der Waals surface area (Å²) in [5, 5.41) is 9.78. The fourth-order valence-electron chi connectivity index (χ4n) is 3.08. The van der Waals surface area contributed by atoms with E-state index in [1.54, 1.807) is 7.11 Å². The van der Waals surface area contributed by atoms with Crippen molar-refractivity contribution in [3.63, 3.8) is 0 Å². The molecule has 76 valence electrons. The Labute approximate surface area is 80.3 Å². The van der Waals surface area contributed by atoms with Gasteiger partial charge in [0.2, 0.25) is 0 Å². The maximum absolute atomic E-state index is 9.78. The van der Waals surface area contributed by atoms with E-state index in [9.17, 15) is 5.11 Å². The second-order valence-electron chi connectivity index (χ2n) is 4.62. The van der Waals surface area contributed by atoms with E-state index in [-0.39, 0.29) is 12.2 Å². The van der Waals surface area contributed by atoms with E-state index >= 15 is 0 Å². The van der Waals surface area contributed by atoms with Crippen molar-refractivity contribution in [3.8, 4) is 0 Å². The molecular formula is C11H20O2. The third kappa shape index (κ3) is 1.89. The number of ether oxygens (including phenoxy) is 1. The monoisotopic (exact) mass is 184 g/mol. The predicted molar refractivity (Wildman–Crippen MR) is 51.5 cm³/mol. The summed E-state index contributed by atoms with van der Waals surface area (Å²) in [6.45, 7) is 0. The van der Waals surface area contributed by atoms with Crippen LogP contribution in [0.15, 0.2) is 0 Å². The smallest absolute Gasteiger partial charge is 0.0833 e. The van der Waals surface area contributed by atoms with Gasteiger partial charge in [-0.1, -0.05) is 25.7 Å². The lowest BCUT2D eigenvalue weighted by molar-refractivity contribution is -0.0764. The number of aliphatic hydroxyl groups is 1. The van der Waals surface area contributed by atoms with Gasteiger partial charge in [0.25, 0.3) is 0 Å². The van der Waals surface area contributed by atoms with E-state index in [1.807, 2.05) is 0 Å². The summed E-state index contributed by atoms with van der Waals surface area (Å²) < 4.78 is 5.30. The van der Waals surface area contributed by atoms with Crippen LogP contribution < -0.4 is 0 Å². The number of aliphatic hydroxyl groups excluding tert-OH is 1. The first-order chi connectivity index (χ1) is 6.31. The molecule has 0 aromatic rings. The van der Waals surface area contributed by atoms with Crippen molar-refractivity contribution in [2.75, 3.05) is 7.11 Å². The van der Waals surface area contributed by atoms with Crippen LogP contribution in [0.25, 0.3) is 0 Å². The number of rotatable bonds is 1. The SMILES string of the molecule is CO[C@@H]1C[C@H]2CCCC[C@@H]2C[C@@H]1O. The molecule has 0 aromatic heterocycles. The molecule has 2 saturated carbocycles. The van der Waals surface area contributed by atoms with Crippen LogP contribution in [0, 0.1) is 11.8 Å². The molecule has 0 aromatic carbocycles. The zero-order chi connectivity index (χ0) is 9.26. The van der Waals surface area contributed by atoms with E-state index < -0.39 is 0 Å². The fourth-order valence-corrected chi connectivity index (χ4v) is 3.08. The first kappa shape index (κ1) is 9.47. The zero-order valence-corrected chi connectivity index (χ0v) is 8.41. The minimum absolute atomic E-state index is 0.111. The standard InChI is InChI=1S/C11H20O2/c1-13-11-7-9-5-3-2-4-8(9)6-10(11)12/h8-12H,2-7H2,1H3/t8-,9-,10+,11-/m1/s1. The van der Waals surface area contributed by atoms with Crippen LogP contribution in [-0.2, 0) is 4.74 Å². The molecular weight excluding hydrogens is 164 g/mol. The molecule has 1 N–H and O–H groups in total. The molecule has 2 heteroatoms. The number of fused-ring (bicyclic) bond motifs is 1. The van der Waals surface area contributed by atoms with Crippen molar-refractivity contribution in [2.45, 2.75) is 50.7 Å². The van der Waals surface area contributed by atoms with Crippen molar-refractivity contribution in [3.05, 3.63) is 0 Å². The highest BCUT2D eigenvalue weighted by Crippen LogP contribution is 2.41. The molecule has 2 fully saturated rings. The second-order valence-corrected chi connectivity index (χ2v) is 4.62. The van der Waals surface area contributed by atoms with Gasteiger partial charge in [-0.25, -0.2) is 0 Å². The van der Waals surface area contributed by atoms with Gasteiger partial charge in [-0.15, -0.1) is 0 Å². The lowest BCUT2D eigenvalue weighted by atomic mass is 9.69. The molecule has 2 aliphatic carbocycles. The summed E-state index contributed by atoms with van der Waals surface area (Å²) in [5.41, 5.74) is 0. The van der Waals surface area contributed by atoms with Gasteiger partial charge < -0.3 is 9.84 Å². The first-order valence-corrected chi connectivity index (χ1v) is 5.52. The minimum atomic E-state index is -0.204.